The Labute approximate surface area is 140 Å². The lowest BCUT2D eigenvalue weighted by Crippen LogP contribution is -2.24. The van der Waals surface area contributed by atoms with Gasteiger partial charge in [0, 0.05) is 22.5 Å². The molecule has 1 heterocycles. The van der Waals surface area contributed by atoms with Crippen molar-refractivity contribution in [2.24, 2.45) is 7.05 Å². The average molecular weight is 373 g/mol. The second-order valence-electron chi connectivity index (χ2n) is 5.13. The number of halogens is 1. The third-order valence-corrected chi connectivity index (χ3v) is 4.06. The third kappa shape index (κ3) is 2.98. The van der Waals surface area contributed by atoms with Gasteiger partial charge in [0.05, 0.1) is 5.52 Å². The molecular weight excluding hydrogens is 360 g/mol. The molecule has 0 saturated heterocycles. The number of benzene rings is 2. The highest BCUT2D eigenvalue weighted by atomic mass is 79.9. The Morgan fingerprint density at radius 2 is 1.83 bits per heavy atom. The fourth-order valence-corrected chi connectivity index (χ4v) is 2.73. The molecule has 3 aromatic rings. The SMILES string of the molecule is Cn1c(=O)c(NC(=O)c2ccc(O)cc2)cc2cc(Br)ccc21. The van der Waals surface area contributed by atoms with Crippen LogP contribution in [-0.2, 0) is 7.05 Å². The van der Waals surface area contributed by atoms with Gasteiger partial charge in [0.15, 0.2) is 0 Å². The van der Waals surface area contributed by atoms with Crippen LogP contribution in [0.25, 0.3) is 10.9 Å². The highest BCUT2D eigenvalue weighted by molar-refractivity contribution is 9.10. The highest BCUT2D eigenvalue weighted by Crippen LogP contribution is 2.21. The normalized spacial score (nSPS) is 10.7. The average Bonchev–Trinajstić information content (AvgIpc) is 2.52. The summed E-state index contributed by atoms with van der Waals surface area (Å²) in [7, 11) is 1.66. The topological polar surface area (TPSA) is 71.3 Å². The number of phenols is 1. The first-order chi connectivity index (χ1) is 11.0. The Kier molecular flexibility index (Phi) is 3.92. The van der Waals surface area contributed by atoms with Crippen LogP contribution < -0.4 is 10.9 Å². The van der Waals surface area contributed by atoms with E-state index in [-0.39, 0.29) is 17.0 Å². The lowest BCUT2D eigenvalue weighted by atomic mass is 10.1. The molecule has 116 valence electrons. The monoisotopic (exact) mass is 372 g/mol. The Bertz CT molecular complexity index is 962. The number of rotatable bonds is 2. The summed E-state index contributed by atoms with van der Waals surface area (Å²) >= 11 is 3.40. The number of carbonyl (C=O) groups excluding carboxylic acids is 1. The zero-order valence-electron chi connectivity index (χ0n) is 12.2. The largest absolute Gasteiger partial charge is 0.508 e. The van der Waals surface area contributed by atoms with Gasteiger partial charge in [0.25, 0.3) is 11.5 Å². The number of hydrogen-bond acceptors (Lipinski definition) is 3. The Balaban J connectivity index is 2.02. The summed E-state index contributed by atoms with van der Waals surface area (Å²) in [4.78, 5) is 24.6. The molecule has 0 fully saturated rings. The first-order valence-corrected chi connectivity index (χ1v) is 7.65. The number of carbonyl (C=O) groups is 1. The molecular formula is C17H13BrN2O3. The van der Waals surface area contributed by atoms with Crippen molar-refractivity contribution < 1.29 is 9.90 Å². The number of anilines is 1. The number of aromatic nitrogens is 1. The molecule has 0 saturated carbocycles. The smallest absolute Gasteiger partial charge is 0.274 e. The second kappa shape index (κ2) is 5.89. The first-order valence-electron chi connectivity index (χ1n) is 6.85. The molecule has 0 unspecified atom stereocenters. The van der Waals surface area contributed by atoms with E-state index in [1.54, 1.807) is 13.1 Å². The number of nitrogens with zero attached hydrogens (tertiary/aromatic N) is 1. The Morgan fingerprint density at radius 1 is 1.13 bits per heavy atom. The van der Waals surface area contributed by atoms with Crippen LogP contribution in [0.4, 0.5) is 5.69 Å². The molecule has 0 aliphatic rings. The molecule has 0 aliphatic carbocycles. The van der Waals surface area contributed by atoms with Gasteiger partial charge in [0.1, 0.15) is 11.4 Å². The third-order valence-electron chi connectivity index (χ3n) is 3.56. The van der Waals surface area contributed by atoms with Gasteiger partial charge in [-0.05, 0) is 48.5 Å². The van der Waals surface area contributed by atoms with E-state index in [9.17, 15) is 14.7 Å². The van der Waals surface area contributed by atoms with Crippen LogP contribution in [0, 0.1) is 0 Å². The van der Waals surface area contributed by atoms with Gasteiger partial charge in [-0.25, -0.2) is 0 Å². The minimum atomic E-state index is -0.406. The summed E-state index contributed by atoms with van der Waals surface area (Å²) in [6.45, 7) is 0. The summed E-state index contributed by atoms with van der Waals surface area (Å²) in [5.41, 5.74) is 1.06. The molecule has 0 aliphatic heterocycles. The predicted molar refractivity (Wildman–Crippen MR) is 92.9 cm³/mol. The van der Waals surface area contributed by atoms with Crippen LogP contribution in [0.2, 0.25) is 0 Å². The van der Waals surface area contributed by atoms with E-state index >= 15 is 0 Å². The van der Waals surface area contributed by atoms with Crippen molar-refractivity contribution in [2.75, 3.05) is 5.32 Å². The van der Waals surface area contributed by atoms with Crippen LogP contribution in [0.15, 0.2) is 57.8 Å². The molecule has 3 rings (SSSR count). The van der Waals surface area contributed by atoms with Crippen molar-refractivity contribution in [1.29, 1.82) is 0 Å². The van der Waals surface area contributed by atoms with Gasteiger partial charge in [-0.1, -0.05) is 15.9 Å². The maximum absolute atomic E-state index is 12.4. The summed E-state index contributed by atoms with van der Waals surface area (Å²) in [5, 5.41) is 12.7. The van der Waals surface area contributed by atoms with Crippen molar-refractivity contribution in [2.45, 2.75) is 0 Å². The van der Waals surface area contributed by atoms with E-state index in [0.29, 0.717) is 5.56 Å². The van der Waals surface area contributed by atoms with E-state index < -0.39 is 5.91 Å². The van der Waals surface area contributed by atoms with E-state index in [1.807, 2.05) is 18.2 Å². The second-order valence-corrected chi connectivity index (χ2v) is 6.04. The number of nitrogens with one attached hydrogen (secondary N) is 1. The number of phenolic OH excluding ortho intramolecular Hbond substituents is 1. The molecule has 0 bridgehead atoms. The van der Waals surface area contributed by atoms with Gasteiger partial charge in [-0.15, -0.1) is 0 Å². The zero-order valence-corrected chi connectivity index (χ0v) is 13.8. The minimum Gasteiger partial charge on any atom is -0.508 e. The van der Waals surface area contributed by atoms with E-state index in [4.69, 9.17) is 0 Å². The van der Waals surface area contributed by atoms with Crippen LogP contribution in [-0.4, -0.2) is 15.6 Å². The molecule has 0 spiro atoms. The zero-order chi connectivity index (χ0) is 16.6. The van der Waals surface area contributed by atoms with Gasteiger partial charge < -0.3 is 15.0 Å². The fourth-order valence-electron chi connectivity index (χ4n) is 2.35. The van der Waals surface area contributed by atoms with Crippen molar-refractivity contribution in [3.8, 4) is 5.75 Å². The molecule has 0 radical (unpaired) electrons. The maximum atomic E-state index is 12.4. The van der Waals surface area contributed by atoms with Crippen molar-refractivity contribution in [3.05, 3.63) is 68.9 Å². The molecule has 2 aromatic carbocycles. The standard InChI is InChI=1S/C17H13BrN2O3/c1-20-15-7-4-12(18)8-11(15)9-14(17(20)23)19-16(22)10-2-5-13(21)6-3-10/h2-9,21H,1H3,(H,19,22). The van der Waals surface area contributed by atoms with Crippen LogP contribution in [0.1, 0.15) is 10.4 Å². The quantitative estimate of drug-likeness (QED) is 0.725. The summed E-state index contributed by atoms with van der Waals surface area (Å²) in [6.07, 6.45) is 0. The molecule has 1 aromatic heterocycles. The van der Waals surface area contributed by atoms with Crippen molar-refractivity contribution in [1.82, 2.24) is 4.57 Å². The lowest BCUT2D eigenvalue weighted by molar-refractivity contribution is 0.102. The summed E-state index contributed by atoms with van der Waals surface area (Å²) in [6, 6.07) is 13.1. The number of pyridine rings is 1. The number of hydrogen-bond donors (Lipinski definition) is 2. The molecule has 6 heteroatoms. The Hall–Kier alpha value is -2.60. The van der Waals surface area contributed by atoms with Gasteiger partial charge in [0.2, 0.25) is 0 Å². The highest BCUT2D eigenvalue weighted by Gasteiger charge is 2.11. The molecule has 2 N–H and O–H groups in total. The molecule has 23 heavy (non-hydrogen) atoms. The van der Waals surface area contributed by atoms with E-state index in [1.165, 1.54) is 28.8 Å². The van der Waals surface area contributed by atoms with Gasteiger partial charge in [-0.3, -0.25) is 9.59 Å². The van der Waals surface area contributed by atoms with Crippen LogP contribution in [0.3, 0.4) is 0 Å². The number of fused-ring (bicyclic) bond motifs is 1. The fraction of sp³-hybridized carbons (Fsp3) is 0.0588. The minimum absolute atomic E-state index is 0.0769. The first kappa shape index (κ1) is 15.3. The van der Waals surface area contributed by atoms with Crippen LogP contribution in [0.5, 0.6) is 5.75 Å². The number of aryl methyl sites for hydroxylation is 1. The van der Waals surface area contributed by atoms with Crippen molar-refractivity contribution in [3.63, 3.8) is 0 Å². The van der Waals surface area contributed by atoms with Gasteiger partial charge >= 0.3 is 0 Å². The molecule has 0 atom stereocenters. The number of aromatic hydroxyl groups is 1. The summed E-state index contributed by atoms with van der Waals surface area (Å²) < 4.78 is 2.38. The molecule has 5 nitrogen and oxygen atoms in total. The summed E-state index contributed by atoms with van der Waals surface area (Å²) in [5.74, 6) is -0.329. The van der Waals surface area contributed by atoms with E-state index in [0.717, 1.165) is 15.4 Å². The van der Waals surface area contributed by atoms with Crippen molar-refractivity contribution >= 4 is 38.4 Å². The van der Waals surface area contributed by atoms with E-state index in [2.05, 4.69) is 21.2 Å². The molecule has 1 amide bonds. The lowest BCUT2D eigenvalue weighted by Gasteiger charge is -2.10. The van der Waals surface area contributed by atoms with Crippen LogP contribution >= 0.6 is 15.9 Å². The predicted octanol–water partition coefficient (Wildman–Crippen LogP) is 3.26. The Morgan fingerprint density at radius 3 is 2.52 bits per heavy atom. The van der Waals surface area contributed by atoms with Gasteiger partial charge in [-0.2, -0.15) is 0 Å². The maximum Gasteiger partial charge on any atom is 0.274 e. The number of amides is 1.